The summed E-state index contributed by atoms with van der Waals surface area (Å²) in [7, 11) is -3.24. The third-order valence-corrected chi connectivity index (χ3v) is 5.76. The van der Waals surface area contributed by atoms with Crippen LogP contribution in [-0.4, -0.2) is 49.8 Å². The summed E-state index contributed by atoms with van der Waals surface area (Å²) in [5.74, 6) is 0.514. The van der Waals surface area contributed by atoms with E-state index in [1.54, 1.807) is 17.0 Å². The van der Waals surface area contributed by atoms with Gasteiger partial charge >= 0.3 is 0 Å². The zero-order valence-electron chi connectivity index (χ0n) is 11.9. The lowest BCUT2D eigenvalue weighted by atomic mass is 10.00. The van der Waals surface area contributed by atoms with Gasteiger partial charge in [-0.05, 0) is 43.0 Å². The van der Waals surface area contributed by atoms with Crippen LogP contribution in [0.4, 0.5) is 0 Å². The molecule has 1 aromatic carbocycles. The van der Waals surface area contributed by atoms with Gasteiger partial charge in [0.15, 0.2) is 9.84 Å². The van der Waals surface area contributed by atoms with Crippen LogP contribution >= 0.6 is 0 Å². The fourth-order valence-corrected chi connectivity index (χ4v) is 4.06. The first-order chi connectivity index (χ1) is 9.86. The van der Waals surface area contributed by atoms with Crippen molar-refractivity contribution in [1.29, 1.82) is 0 Å². The lowest BCUT2D eigenvalue weighted by molar-refractivity contribution is 0.0752. The highest BCUT2D eigenvalue weighted by atomic mass is 32.2. The van der Waals surface area contributed by atoms with Crippen molar-refractivity contribution in [2.24, 2.45) is 11.8 Å². The van der Waals surface area contributed by atoms with Gasteiger partial charge in [-0.25, -0.2) is 8.42 Å². The van der Waals surface area contributed by atoms with E-state index in [1.807, 2.05) is 0 Å². The van der Waals surface area contributed by atoms with Crippen LogP contribution in [0.25, 0.3) is 0 Å². The Morgan fingerprint density at radius 2 is 1.86 bits per heavy atom. The Balaban J connectivity index is 1.75. The first kappa shape index (κ1) is 14.5. The number of amides is 1. The number of nitrogens with zero attached hydrogens (tertiary/aromatic N) is 1. The molecule has 1 saturated heterocycles. The molecule has 1 aliphatic heterocycles. The molecule has 1 heterocycles. The molecule has 1 aliphatic carbocycles. The molecule has 2 fully saturated rings. The molecule has 3 atom stereocenters. The van der Waals surface area contributed by atoms with Gasteiger partial charge < -0.3 is 10.0 Å². The molecular formula is C15H19NO4S. The molecule has 1 N–H and O–H groups in total. The van der Waals surface area contributed by atoms with Gasteiger partial charge in [0.25, 0.3) is 5.91 Å². The molecule has 0 spiro atoms. The SMILES string of the molecule is CS(=O)(=O)c1ccc(C(=O)N2CC3CCC(O)C3C2)cc1. The molecule has 3 unspecified atom stereocenters. The summed E-state index contributed by atoms with van der Waals surface area (Å²) in [6.07, 6.45) is 2.66. The highest BCUT2D eigenvalue weighted by Crippen LogP contribution is 2.38. The zero-order valence-corrected chi connectivity index (χ0v) is 12.7. The second kappa shape index (κ2) is 5.10. The number of sulfone groups is 1. The Labute approximate surface area is 124 Å². The number of benzene rings is 1. The second-order valence-electron chi connectivity index (χ2n) is 6.08. The Hall–Kier alpha value is -1.40. The van der Waals surface area contributed by atoms with E-state index in [9.17, 15) is 18.3 Å². The van der Waals surface area contributed by atoms with Crippen LogP contribution in [0.15, 0.2) is 29.2 Å². The van der Waals surface area contributed by atoms with E-state index in [4.69, 9.17) is 0 Å². The minimum Gasteiger partial charge on any atom is -0.393 e. The molecule has 0 bridgehead atoms. The van der Waals surface area contributed by atoms with Crippen LogP contribution < -0.4 is 0 Å². The van der Waals surface area contributed by atoms with Gasteiger partial charge in [0.05, 0.1) is 11.0 Å². The van der Waals surface area contributed by atoms with Crippen LogP contribution in [0.5, 0.6) is 0 Å². The van der Waals surface area contributed by atoms with Gasteiger partial charge in [0.2, 0.25) is 0 Å². The number of carbonyl (C=O) groups is 1. The molecule has 21 heavy (non-hydrogen) atoms. The molecule has 1 amide bonds. The average molecular weight is 309 g/mol. The summed E-state index contributed by atoms with van der Waals surface area (Å²) in [6, 6.07) is 6.05. The number of hydrogen-bond acceptors (Lipinski definition) is 4. The van der Waals surface area contributed by atoms with Crippen molar-refractivity contribution in [2.75, 3.05) is 19.3 Å². The number of likely N-dealkylation sites (tertiary alicyclic amines) is 1. The van der Waals surface area contributed by atoms with Crippen LogP contribution in [0.1, 0.15) is 23.2 Å². The predicted octanol–water partition coefficient (Wildman–Crippen LogP) is 0.933. The van der Waals surface area contributed by atoms with Crippen molar-refractivity contribution < 1.29 is 18.3 Å². The molecule has 3 rings (SSSR count). The normalized spacial score (nSPS) is 28.7. The van der Waals surface area contributed by atoms with Crippen molar-refractivity contribution in [3.63, 3.8) is 0 Å². The maximum atomic E-state index is 12.4. The average Bonchev–Trinajstić information content (AvgIpc) is 3.00. The zero-order chi connectivity index (χ0) is 15.2. The van der Waals surface area contributed by atoms with E-state index >= 15 is 0 Å². The minimum absolute atomic E-state index is 0.0864. The largest absolute Gasteiger partial charge is 0.393 e. The smallest absolute Gasteiger partial charge is 0.253 e. The van der Waals surface area contributed by atoms with E-state index in [-0.39, 0.29) is 22.8 Å². The van der Waals surface area contributed by atoms with Gasteiger partial charge in [-0.3, -0.25) is 4.79 Å². The summed E-state index contributed by atoms with van der Waals surface area (Å²) < 4.78 is 22.8. The predicted molar refractivity (Wildman–Crippen MR) is 77.7 cm³/mol. The van der Waals surface area contributed by atoms with Crippen LogP contribution in [0.2, 0.25) is 0 Å². The van der Waals surface area contributed by atoms with Crippen molar-refractivity contribution in [3.05, 3.63) is 29.8 Å². The van der Waals surface area contributed by atoms with Crippen LogP contribution in [-0.2, 0) is 9.84 Å². The summed E-state index contributed by atoms with van der Waals surface area (Å²) in [4.78, 5) is 14.4. The maximum Gasteiger partial charge on any atom is 0.253 e. The van der Waals surface area contributed by atoms with Gasteiger partial charge in [0, 0.05) is 30.8 Å². The molecular weight excluding hydrogens is 290 g/mol. The molecule has 0 radical (unpaired) electrons. The highest BCUT2D eigenvalue weighted by molar-refractivity contribution is 7.90. The third kappa shape index (κ3) is 2.70. The summed E-state index contributed by atoms with van der Waals surface area (Å²) >= 11 is 0. The Bertz CT molecular complexity index is 653. The van der Waals surface area contributed by atoms with E-state index in [1.165, 1.54) is 12.1 Å². The highest BCUT2D eigenvalue weighted by Gasteiger charge is 2.43. The molecule has 1 aromatic rings. The molecule has 1 saturated carbocycles. The number of fused-ring (bicyclic) bond motifs is 1. The summed E-state index contributed by atoms with van der Waals surface area (Å²) in [6.45, 7) is 1.28. The Morgan fingerprint density at radius 1 is 1.19 bits per heavy atom. The van der Waals surface area contributed by atoms with E-state index < -0.39 is 9.84 Å². The second-order valence-corrected chi connectivity index (χ2v) is 8.09. The van der Waals surface area contributed by atoms with Gasteiger partial charge in [-0.2, -0.15) is 0 Å². The van der Waals surface area contributed by atoms with Crippen LogP contribution in [0, 0.1) is 11.8 Å². The lowest BCUT2D eigenvalue weighted by Gasteiger charge is -2.18. The van der Waals surface area contributed by atoms with E-state index in [0.717, 1.165) is 19.1 Å². The van der Waals surface area contributed by atoms with Crippen molar-refractivity contribution in [1.82, 2.24) is 4.90 Å². The van der Waals surface area contributed by atoms with E-state index in [2.05, 4.69) is 0 Å². The van der Waals surface area contributed by atoms with E-state index in [0.29, 0.717) is 24.6 Å². The molecule has 114 valence electrons. The Kier molecular flexibility index (Phi) is 3.53. The number of hydrogen-bond donors (Lipinski definition) is 1. The molecule has 6 heteroatoms. The van der Waals surface area contributed by atoms with Gasteiger partial charge in [-0.15, -0.1) is 0 Å². The number of aliphatic hydroxyl groups is 1. The third-order valence-electron chi connectivity index (χ3n) is 4.64. The van der Waals surface area contributed by atoms with Gasteiger partial charge in [0.1, 0.15) is 0 Å². The fourth-order valence-electron chi connectivity index (χ4n) is 3.43. The number of rotatable bonds is 2. The monoisotopic (exact) mass is 309 g/mol. The Morgan fingerprint density at radius 3 is 2.43 bits per heavy atom. The fraction of sp³-hybridized carbons (Fsp3) is 0.533. The van der Waals surface area contributed by atoms with Crippen molar-refractivity contribution >= 4 is 15.7 Å². The minimum atomic E-state index is -3.24. The number of aliphatic hydroxyl groups excluding tert-OH is 1. The van der Waals surface area contributed by atoms with Crippen molar-refractivity contribution in [2.45, 2.75) is 23.8 Å². The number of carbonyl (C=O) groups excluding carboxylic acids is 1. The maximum absolute atomic E-state index is 12.4. The quantitative estimate of drug-likeness (QED) is 0.882. The van der Waals surface area contributed by atoms with Crippen molar-refractivity contribution in [3.8, 4) is 0 Å². The van der Waals surface area contributed by atoms with Crippen LogP contribution in [0.3, 0.4) is 0 Å². The first-order valence-corrected chi connectivity index (χ1v) is 9.03. The van der Waals surface area contributed by atoms with Gasteiger partial charge in [-0.1, -0.05) is 0 Å². The molecule has 2 aliphatic rings. The summed E-state index contributed by atoms with van der Waals surface area (Å²) in [5.41, 5.74) is 0.497. The standard InChI is InChI=1S/C15H19NO4S/c1-21(19,20)12-5-2-10(3-6-12)15(18)16-8-11-4-7-14(17)13(11)9-16/h2-3,5-6,11,13-14,17H,4,7-9H2,1H3. The first-order valence-electron chi connectivity index (χ1n) is 7.14. The summed E-state index contributed by atoms with van der Waals surface area (Å²) in [5, 5.41) is 9.89. The lowest BCUT2D eigenvalue weighted by Crippen LogP contribution is -2.31. The molecule has 5 nitrogen and oxygen atoms in total. The topological polar surface area (TPSA) is 74.7 Å². The molecule has 0 aromatic heterocycles.